The molecule has 0 unspecified atom stereocenters. The highest BCUT2D eigenvalue weighted by molar-refractivity contribution is 5.53. The van der Waals surface area contributed by atoms with Gasteiger partial charge >= 0.3 is 6.18 Å². The third kappa shape index (κ3) is 5.09. The lowest BCUT2D eigenvalue weighted by molar-refractivity contribution is -0.0790. The maximum absolute atomic E-state index is 13.7. The van der Waals surface area contributed by atoms with E-state index in [4.69, 9.17) is 4.74 Å². The minimum absolute atomic E-state index is 0.0928. The Morgan fingerprint density at radius 3 is 2.09 bits per heavy atom. The molecule has 0 atom stereocenters. The molecule has 2 aromatic carbocycles. The molecule has 0 aliphatic carbocycles. The Morgan fingerprint density at radius 2 is 1.57 bits per heavy atom. The van der Waals surface area contributed by atoms with Crippen LogP contribution in [0.1, 0.15) is 16.7 Å². The van der Waals surface area contributed by atoms with E-state index >= 15 is 0 Å². The van der Waals surface area contributed by atoms with Crippen molar-refractivity contribution in [1.29, 1.82) is 0 Å². The maximum Gasteiger partial charge on any atom is 0.409 e. The molecule has 0 aromatic heterocycles. The highest BCUT2D eigenvalue weighted by Gasteiger charge is 2.22. The Kier molecular flexibility index (Phi) is 5.03. The first-order valence-electron chi connectivity index (χ1n) is 6.68. The molecule has 0 N–H and O–H groups in total. The third-order valence-corrected chi connectivity index (χ3v) is 3.02. The summed E-state index contributed by atoms with van der Waals surface area (Å²) < 4.78 is 68.9. The van der Waals surface area contributed by atoms with Crippen LogP contribution in [0.2, 0.25) is 0 Å². The predicted octanol–water partition coefficient (Wildman–Crippen LogP) is 5.43. The van der Waals surface area contributed by atoms with Crippen LogP contribution in [0.3, 0.4) is 0 Å². The first kappa shape index (κ1) is 17.0. The number of hydrogen-bond donors (Lipinski definition) is 0. The van der Waals surface area contributed by atoms with E-state index in [1.807, 2.05) is 31.2 Å². The van der Waals surface area contributed by atoms with Crippen LogP contribution >= 0.6 is 0 Å². The van der Waals surface area contributed by atoms with Gasteiger partial charge in [-0.25, -0.2) is 8.78 Å². The van der Waals surface area contributed by atoms with Crippen molar-refractivity contribution in [3.63, 3.8) is 0 Å². The van der Waals surface area contributed by atoms with E-state index in [0.29, 0.717) is 6.08 Å². The second-order valence-electron chi connectivity index (χ2n) is 4.95. The molecule has 0 saturated heterocycles. The van der Waals surface area contributed by atoms with Crippen LogP contribution in [-0.4, -0.2) is 6.18 Å². The highest BCUT2D eigenvalue weighted by Crippen LogP contribution is 2.25. The van der Waals surface area contributed by atoms with E-state index < -0.39 is 23.4 Å². The summed E-state index contributed by atoms with van der Waals surface area (Å²) in [5, 5.41) is 0. The van der Waals surface area contributed by atoms with Crippen molar-refractivity contribution in [3.05, 3.63) is 70.8 Å². The second-order valence-corrected chi connectivity index (χ2v) is 4.95. The summed E-state index contributed by atoms with van der Waals surface area (Å²) in [4.78, 5) is 0. The van der Waals surface area contributed by atoms with Crippen LogP contribution < -0.4 is 4.74 Å². The zero-order valence-electron chi connectivity index (χ0n) is 12.1. The molecule has 0 fully saturated rings. The second kappa shape index (κ2) is 6.81. The fraction of sp³-hybridized carbons (Fsp3) is 0.176. The molecule has 2 aromatic rings. The van der Waals surface area contributed by atoms with Gasteiger partial charge in [-0.05, 0) is 18.6 Å². The lowest BCUT2D eigenvalue weighted by atomic mass is 10.1. The fourth-order valence-corrected chi connectivity index (χ4v) is 1.83. The maximum atomic E-state index is 13.7. The van der Waals surface area contributed by atoms with Crippen molar-refractivity contribution in [3.8, 4) is 5.75 Å². The molecular formula is C17H13F5O. The first-order valence-corrected chi connectivity index (χ1v) is 6.68. The molecule has 0 heterocycles. The Labute approximate surface area is 130 Å². The van der Waals surface area contributed by atoms with Gasteiger partial charge in [0, 0.05) is 23.8 Å². The fourth-order valence-electron chi connectivity index (χ4n) is 1.83. The minimum atomic E-state index is -4.64. The number of halogens is 5. The van der Waals surface area contributed by atoms with Crippen LogP contribution in [-0.2, 0) is 6.61 Å². The van der Waals surface area contributed by atoms with E-state index in [1.165, 1.54) is 0 Å². The lowest BCUT2D eigenvalue weighted by Gasteiger charge is -2.09. The molecule has 1 nitrogen and oxygen atoms in total. The molecule has 122 valence electrons. The number of ether oxygens (including phenoxy) is 1. The first-order chi connectivity index (χ1) is 10.7. The van der Waals surface area contributed by atoms with Gasteiger partial charge in [-0.15, -0.1) is 0 Å². The molecule has 0 bridgehead atoms. The average molecular weight is 328 g/mol. The number of hydrogen-bond acceptors (Lipinski definition) is 1. The summed E-state index contributed by atoms with van der Waals surface area (Å²) in [6.45, 7) is 2.01. The number of benzene rings is 2. The topological polar surface area (TPSA) is 9.23 Å². The van der Waals surface area contributed by atoms with Crippen LogP contribution in [0, 0.1) is 18.6 Å². The SMILES string of the molecule is Cc1ccc(COc2cc(F)c(/C=C/C(F)(F)F)c(F)c2)cc1. The summed E-state index contributed by atoms with van der Waals surface area (Å²) in [7, 11) is 0. The van der Waals surface area contributed by atoms with Crippen molar-refractivity contribution >= 4 is 6.08 Å². The van der Waals surface area contributed by atoms with Crippen molar-refractivity contribution in [2.75, 3.05) is 0 Å². The molecule has 0 aliphatic rings. The Balaban J connectivity index is 2.13. The third-order valence-electron chi connectivity index (χ3n) is 3.02. The van der Waals surface area contributed by atoms with Crippen LogP contribution in [0.5, 0.6) is 5.75 Å². The molecule has 0 radical (unpaired) electrons. The Hall–Kier alpha value is -2.37. The Morgan fingerprint density at radius 1 is 1.00 bits per heavy atom. The van der Waals surface area contributed by atoms with Crippen molar-refractivity contribution in [1.82, 2.24) is 0 Å². The highest BCUT2D eigenvalue weighted by atomic mass is 19.4. The standard InChI is InChI=1S/C17H13F5O/c1-11-2-4-12(5-3-11)10-23-13-8-15(18)14(16(19)9-13)6-7-17(20,21)22/h2-9H,10H2,1H3/b7-6+. The van der Waals surface area contributed by atoms with E-state index in [-0.39, 0.29) is 18.4 Å². The zero-order valence-corrected chi connectivity index (χ0v) is 12.1. The zero-order chi connectivity index (χ0) is 17.0. The predicted molar refractivity (Wildman–Crippen MR) is 77.0 cm³/mol. The lowest BCUT2D eigenvalue weighted by Crippen LogP contribution is -2.02. The van der Waals surface area contributed by atoms with E-state index in [2.05, 4.69) is 0 Å². The monoisotopic (exact) mass is 328 g/mol. The van der Waals surface area contributed by atoms with E-state index in [0.717, 1.165) is 23.3 Å². The quantitative estimate of drug-likeness (QED) is 0.680. The summed E-state index contributed by atoms with van der Waals surface area (Å²) in [5.41, 5.74) is 1.11. The molecule has 0 amide bonds. The molecular weight excluding hydrogens is 315 g/mol. The smallest absolute Gasteiger partial charge is 0.409 e. The van der Waals surface area contributed by atoms with E-state index in [9.17, 15) is 22.0 Å². The molecule has 23 heavy (non-hydrogen) atoms. The van der Waals surface area contributed by atoms with Crippen molar-refractivity contribution < 1.29 is 26.7 Å². The molecule has 0 saturated carbocycles. The van der Waals surface area contributed by atoms with Gasteiger partial charge < -0.3 is 4.74 Å². The van der Waals surface area contributed by atoms with Gasteiger partial charge in [0.05, 0.1) is 0 Å². The molecule has 0 aliphatic heterocycles. The Bertz CT molecular complexity index is 679. The molecule has 2 rings (SSSR count). The van der Waals surface area contributed by atoms with Gasteiger partial charge in [-0.1, -0.05) is 29.8 Å². The van der Waals surface area contributed by atoms with Gasteiger partial charge in [-0.3, -0.25) is 0 Å². The van der Waals surface area contributed by atoms with Crippen molar-refractivity contribution in [2.45, 2.75) is 19.7 Å². The summed E-state index contributed by atoms with van der Waals surface area (Å²) in [6.07, 6.45) is -4.50. The van der Waals surface area contributed by atoms with Gasteiger partial charge in [0.1, 0.15) is 24.0 Å². The number of allylic oxidation sites excluding steroid dienone is 1. The van der Waals surface area contributed by atoms with Gasteiger partial charge in [-0.2, -0.15) is 13.2 Å². The summed E-state index contributed by atoms with van der Waals surface area (Å²) >= 11 is 0. The van der Waals surface area contributed by atoms with Crippen LogP contribution in [0.4, 0.5) is 22.0 Å². The largest absolute Gasteiger partial charge is 0.489 e. The summed E-state index contributed by atoms with van der Waals surface area (Å²) in [6, 6.07) is 9.06. The van der Waals surface area contributed by atoms with Crippen LogP contribution in [0.25, 0.3) is 6.08 Å². The molecule has 0 spiro atoms. The number of alkyl halides is 3. The van der Waals surface area contributed by atoms with Gasteiger partial charge in [0.2, 0.25) is 0 Å². The number of rotatable bonds is 4. The summed E-state index contributed by atoms with van der Waals surface area (Å²) in [5.74, 6) is -2.33. The normalized spacial score (nSPS) is 11.9. The van der Waals surface area contributed by atoms with Gasteiger partial charge in [0.15, 0.2) is 0 Å². The minimum Gasteiger partial charge on any atom is -0.489 e. The van der Waals surface area contributed by atoms with Crippen molar-refractivity contribution in [2.24, 2.45) is 0 Å². The average Bonchev–Trinajstić information content (AvgIpc) is 2.44. The molecule has 6 heteroatoms. The van der Waals surface area contributed by atoms with Gasteiger partial charge in [0.25, 0.3) is 0 Å². The number of aryl methyl sites for hydroxylation is 1. The van der Waals surface area contributed by atoms with E-state index in [1.54, 1.807) is 0 Å². The van der Waals surface area contributed by atoms with Crippen LogP contribution in [0.15, 0.2) is 42.5 Å².